The summed E-state index contributed by atoms with van der Waals surface area (Å²) in [6.45, 7) is 13.2. The van der Waals surface area contributed by atoms with Crippen LogP contribution in [0.25, 0.3) is 0 Å². The van der Waals surface area contributed by atoms with Gasteiger partial charge >= 0.3 is 6.09 Å². The minimum Gasteiger partial charge on any atom is -1.00 e. The Morgan fingerprint density at radius 2 is 1.36 bits per heavy atom. The maximum Gasteiger partial charge on any atom is 0.410 e. The Bertz CT molecular complexity index is 1420. The molecule has 0 spiro atoms. The molecule has 0 bridgehead atoms. The summed E-state index contributed by atoms with van der Waals surface area (Å²) in [6.07, 6.45) is 1.20. The van der Waals surface area contributed by atoms with Crippen molar-refractivity contribution in [2.75, 3.05) is 26.4 Å². The van der Waals surface area contributed by atoms with Crippen LogP contribution in [0.2, 0.25) is 10.0 Å². The number of halogens is 3. The minimum absolute atomic E-state index is 0. The average molecular weight is 730 g/mol. The van der Waals surface area contributed by atoms with Crippen molar-refractivity contribution in [1.29, 1.82) is 0 Å². The maximum atomic E-state index is 12.4. The van der Waals surface area contributed by atoms with E-state index in [-0.39, 0.29) is 35.1 Å². The second-order valence-corrected chi connectivity index (χ2v) is 16.2. The van der Waals surface area contributed by atoms with Gasteiger partial charge in [-0.3, -0.25) is 0 Å². The summed E-state index contributed by atoms with van der Waals surface area (Å²) in [5, 5.41) is 5.26. The number of ether oxygens (including phenoxy) is 2. The van der Waals surface area contributed by atoms with Crippen LogP contribution in [0, 0.1) is 0 Å². The monoisotopic (exact) mass is 727 g/mol. The van der Waals surface area contributed by atoms with Crippen LogP contribution in [-0.2, 0) is 9.47 Å². The molecular formula is C37H41BrCl2NO3P. The van der Waals surface area contributed by atoms with Crippen LogP contribution in [0.5, 0.6) is 0 Å². The van der Waals surface area contributed by atoms with Gasteiger partial charge in [-0.25, -0.2) is 4.79 Å². The van der Waals surface area contributed by atoms with Crippen molar-refractivity contribution in [3.8, 4) is 0 Å². The number of carbonyl (C=O) groups is 1. The quantitative estimate of drug-likeness (QED) is 0.201. The zero-order valence-electron chi connectivity index (χ0n) is 26.2. The van der Waals surface area contributed by atoms with E-state index in [1.165, 1.54) is 15.9 Å². The molecule has 4 nitrogen and oxygen atoms in total. The summed E-state index contributed by atoms with van der Waals surface area (Å²) in [4.78, 5) is 14.1. The third-order valence-electron chi connectivity index (χ3n) is 7.56. The fraction of sp³-hybridized carbons (Fsp3) is 0.270. The zero-order chi connectivity index (χ0) is 31.7. The van der Waals surface area contributed by atoms with Crippen LogP contribution in [0.4, 0.5) is 4.79 Å². The lowest BCUT2D eigenvalue weighted by atomic mass is 9.93. The predicted molar refractivity (Wildman–Crippen MR) is 188 cm³/mol. The number of carbonyl (C=O) groups excluding carboxylic acids is 1. The Morgan fingerprint density at radius 1 is 0.867 bits per heavy atom. The third kappa shape index (κ3) is 9.67. The van der Waals surface area contributed by atoms with Crippen molar-refractivity contribution in [2.45, 2.75) is 38.4 Å². The molecule has 4 aromatic rings. The van der Waals surface area contributed by atoms with Crippen molar-refractivity contribution in [2.24, 2.45) is 0 Å². The fourth-order valence-electron chi connectivity index (χ4n) is 5.24. The number of rotatable bonds is 5. The number of nitrogens with zero attached hydrogens (tertiary/aromatic N) is 1. The molecule has 0 aliphatic carbocycles. The van der Waals surface area contributed by atoms with Crippen molar-refractivity contribution in [1.82, 2.24) is 4.90 Å². The highest BCUT2D eigenvalue weighted by Gasteiger charge is 2.39. The van der Waals surface area contributed by atoms with Crippen molar-refractivity contribution in [3.05, 3.63) is 137 Å². The second kappa shape index (κ2) is 16.8. The lowest BCUT2D eigenvalue weighted by Crippen LogP contribution is -3.00. The molecule has 2 atom stereocenters. The van der Waals surface area contributed by atoms with Gasteiger partial charge in [0, 0.05) is 19.0 Å². The van der Waals surface area contributed by atoms with Gasteiger partial charge in [-0.1, -0.05) is 89.9 Å². The predicted octanol–water partition coefficient (Wildman–Crippen LogP) is 5.51. The summed E-state index contributed by atoms with van der Waals surface area (Å²) >= 11 is 12.2. The molecule has 8 heteroatoms. The van der Waals surface area contributed by atoms with E-state index in [9.17, 15) is 4.79 Å². The molecule has 0 aromatic heterocycles. The first-order valence-electron chi connectivity index (χ1n) is 14.7. The summed E-state index contributed by atoms with van der Waals surface area (Å²) < 4.78 is 11.3. The number of amides is 1. The van der Waals surface area contributed by atoms with E-state index in [2.05, 4.69) is 104 Å². The Hall–Kier alpha value is -2.66. The van der Waals surface area contributed by atoms with Crippen LogP contribution in [-0.4, -0.2) is 49.1 Å². The van der Waals surface area contributed by atoms with Gasteiger partial charge < -0.3 is 31.4 Å². The zero-order valence-corrected chi connectivity index (χ0v) is 30.2. The van der Waals surface area contributed by atoms with Crippen LogP contribution in [0.3, 0.4) is 0 Å². The van der Waals surface area contributed by atoms with Gasteiger partial charge in [0.2, 0.25) is 0 Å². The molecule has 4 aromatic carbocycles. The molecule has 0 unspecified atom stereocenters. The fourth-order valence-corrected chi connectivity index (χ4v) is 8.74. The van der Waals surface area contributed by atoms with Gasteiger partial charge in [-0.15, -0.1) is 6.58 Å². The minimum atomic E-state index is -1.53. The molecule has 1 fully saturated rings. The topological polar surface area (TPSA) is 38.8 Å². The highest BCUT2D eigenvalue weighted by atomic mass is 79.9. The average Bonchev–Trinajstić information content (AvgIpc) is 3.26. The van der Waals surface area contributed by atoms with Gasteiger partial charge in [0.15, 0.2) is 0 Å². The SMILES string of the molecule is C=C[C@@H]1OCCN(C(=O)OC(C)(C)C)C[C@H]1c1ccc(Cl)c(Cl)c1.C[P+](c1ccccc1)(c1ccccc1)c1ccccc1.[Br-]. The first kappa shape index (κ1) is 36.8. The van der Waals surface area contributed by atoms with E-state index in [0.717, 1.165) is 5.56 Å². The molecule has 238 valence electrons. The van der Waals surface area contributed by atoms with E-state index < -0.39 is 12.9 Å². The normalized spacial score (nSPS) is 16.7. The molecule has 1 aliphatic heterocycles. The lowest BCUT2D eigenvalue weighted by molar-refractivity contribution is -0.0000494. The number of hydrogen-bond donors (Lipinski definition) is 0. The molecule has 0 saturated carbocycles. The summed E-state index contributed by atoms with van der Waals surface area (Å²) in [5.41, 5.74) is 0.408. The van der Waals surface area contributed by atoms with E-state index in [0.29, 0.717) is 29.7 Å². The first-order valence-corrected chi connectivity index (χ1v) is 17.7. The molecule has 0 N–H and O–H groups in total. The van der Waals surface area contributed by atoms with Crippen LogP contribution in [0.1, 0.15) is 32.3 Å². The Balaban J connectivity index is 0.000000243. The molecule has 0 radical (unpaired) electrons. The van der Waals surface area contributed by atoms with E-state index in [1.807, 2.05) is 32.9 Å². The molecule has 45 heavy (non-hydrogen) atoms. The summed E-state index contributed by atoms with van der Waals surface area (Å²) in [7, 11) is -1.53. The maximum absolute atomic E-state index is 12.4. The van der Waals surface area contributed by atoms with E-state index in [4.69, 9.17) is 32.7 Å². The molecular weight excluding hydrogens is 688 g/mol. The van der Waals surface area contributed by atoms with Crippen molar-refractivity contribution < 1.29 is 31.2 Å². The standard InChI is InChI=1S/C19H18P.C18H23Cl2NO3.BrH/c1-20(17-11-5-2-6-12-17,18-13-7-3-8-14-18)19-15-9-4-10-16-19;1-5-16-13(12-6-7-14(19)15(20)10-12)11-21(8-9-23-16)17(22)24-18(2,3)4;/h2-16H,1H3;5-7,10,13,16H,1,8-9,11H2,2-4H3;1H/q+1;;/p-1/t;13-,16-;/m.0./s1. The lowest BCUT2D eigenvalue weighted by Gasteiger charge is -2.29. The summed E-state index contributed by atoms with van der Waals surface area (Å²) in [5.74, 6) is -0.0905. The van der Waals surface area contributed by atoms with E-state index >= 15 is 0 Å². The van der Waals surface area contributed by atoms with Crippen LogP contribution < -0.4 is 32.9 Å². The third-order valence-corrected chi connectivity index (χ3v) is 12.3. The highest BCUT2D eigenvalue weighted by molar-refractivity contribution is 7.95. The van der Waals surface area contributed by atoms with Gasteiger partial charge in [-0.2, -0.15) is 0 Å². The largest absolute Gasteiger partial charge is 1.00 e. The molecule has 1 heterocycles. The Morgan fingerprint density at radius 3 is 1.78 bits per heavy atom. The van der Waals surface area contributed by atoms with Crippen LogP contribution in [0.15, 0.2) is 122 Å². The second-order valence-electron chi connectivity index (χ2n) is 11.8. The van der Waals surface area contributed by atoms with Gasteiger partial charge in [0.1, 0.15) is 28.8 Å². The molecule has 1 saturated heterocycles. The Labute approximate surface area is 289 Å². The first-order chi connectivity index (χ1) is 21.0. The number of hydrogen-bond acceptors (Lipinski definition) is 3. The molecule has 1 amide bonds. The van der Waals surface area contributed by atoms with Crippen molar-refractivity contribution in [3.63, 3.8) is 0 Å². The summed E-state index contributed by atoms with van der Waals surface area (Å²) in [6, 6.07) is 38.1. The Kier molecular flexibility index (Phi) is 13.7. The van der Waals surface area contributed by atoms with Gasteiger partial charge in [0.05, 0.1) is 29.4 Å². The van der Waals surface area contributed by atoms with Crippen LogP contribution >= 0.6 is 30.5 Å². The van der Waals surface area contributed by atoms with E-state index in [1.54, 1.807) is 17.0 Å². The molecule has 1 aliphatic rings. The number of benzene rings is 4. The van der Waals surface area contributed by atoms with Gasteiger partial charge in [-0.05, 0) is 74.9 Å². The van der Waals surface area contributed by atoms with Gasteiger partial charge in [0.25, 0.3) is 0 Å². The van der Waals surface area contributed by atoms with Crippen molar-refractivity contribution >= 4 is 52.5 Å². The highest BCUT2D eigenvalue weighted by Crippen LogP contribution is 2.51. The smallest absolute Gasteiger partial charge is 0.410 e. The molecule has 5 rings (SSSR count).